The van der Waals surface area contributed by atoms with Crippen LogP contribution in [0.1, 0.15) is 78.0 Å². The predicted octanol–water partition coefficient (Wildman–Crippen LogP) is 9.32. The first-order valence-corrected chi connectivity index (χ1v) is 16.2. The molecule has 4 nitrogen and oxygen atoms in total. The maximum absolute atomic E-state index is 9.74. The van der Waals surface area contributed by atoms with Crippen LogP contribution < -0.4 is 9.64 Å². The van der Waals surface area contributed by atoms with Gasteiger partial charge in [-0.25, -0.2) is 0 Å². The van der Waals surface area contributed by atoms with Gasteiger partial charge >= 0.3 is 0 Å². The Morgan fingerprint density at radius 1 is 0.886 bits per heavy atom. The van der Waals surface area contributed by atoms with Crippen molar-refractivity contribution in [3.8, 4) is 5.75 Å². The van der Waals surface area contributed by atoms with Crippen LogP contribution in [0.4, 0.5) is 11.4 Å². The molecule has 0 unspecified atom stereocenters. The topological polar surface area (TPSA) is 35.7 Å². The van der Waals surface area contributed by atoms with Gasteiger partial charge in [0.2, 0.25) is 5.69 Å². The van der Waals surface area contributed by atoms with Gasteiger partial charge in [-0.1, -0.05) is 57.5 Å². The normalized spacial score (nSPS) is 18.0. The molecule has 4 aromatic rings. The van der Waals surface area contributed by atoms with Crippen molar-refractivity contribution in [2.75, 3.05) is 18.6 Å². The summed E-state index contributed by atoms with van der Waals surface area (Å²) in [5.74, 6) is 0.892. The van der Waals surface area contributed by atoms with Gasteiger partial charge in [0.25, 0.3) is 0 Å². The molecule has 0 saturated heterocycles. The van der Waals surface area contributed by atoms with E-state index in [9.17, 15) is 5.11 Å². The summed E-state index contributed by atoms with van der Waals surface area (Å²) in [5, 5.41) is 14.7. The van der Waals surface area contributed by atoms with Crippen LogP contribution in [0.2, 0.25) is 0 Å². The number of anilines is 1. The van der Waals surface area contributed by atoms with E-state index in [1.165, 1.54) is 55.5 Å². The molecule has 0 aliphatic carbocycles. The average molecular weight is 588 g/mol. The third-order valence-corrected chi connectivity index (χ3v) is 9.84. The fourth-order valence-electron chi connectivity index (χ4n) is 7.71. The molecule has 2 heterocycles. The summed E-state index contributed by atoms with van der Waals surface area (Å²) < 4.78 is 8.10. The molecular formula is C40H47N2O2+. The van der Waals surface area contributed by atoms with Crippen LogP contribution in [0.15, 0.2) is 84.6 Å². The quantitative estimate of drug-likeness (QED) is 0.209. The molecule has 0 radical (unpaired) electrons. The Morgan fingerprint density at radius 2 is 1.59 bits per heavy atom. The van der Waals surface area contributed by atoms with Gasteiger partial charge in [0.05, 0.1) is 19.1 Å². The molecule has 0 atom stereocenters. The minimum absolute atomic E-state index is 0.0583. The first-order chi connectivity index (χ1) is 21.0. The molecule has 44 heavy (non-hydrogen) atoms. The van der Waals surface area contributed by atoms with E-state index in [1.54, 1.807) is 7.11 Å². The van der Waals surface area contributed by atoms with Gasteiger partial charge in [-0.3, -0.25) is 0 Å². The van der Waals surface area contributed by atoms with Crippen molar-refractivity contribution in [1.29, 1.82) is 0 Å². The Bertz CT molecular complexity index is 1850. The fourth-order valence-corrected chi connectivity index (χ4v) is 7.71. The molecule has 0 spiro atoms. The summed E-state index contributed by atoms with van der Waals surface area (Å²) in [6.45, 7) is 17.3. The zero-order valence-electron chi connectivity index (χ0n) is 27.7. The molecule has 0 fully saturated rings. The van der Waals surface area contributed by atoms with E-state index in [1.807, 2.05) is 0 Å². The van der Waals surface area contributed by atoms with E-state index in [-0.39, 0.29) is 17.4 Å². The van der Waals surface area contributed by atoms with Gasteiger partial charge in [0.1, 0.15) is 12.3 Å². The van der Waals surface area contributed by atoms with Crippen LogP contribution in [0.5, 0.6) is 5.75 Å². The second-order valence-electron chi connectivity index (χ2n) is 13.7. The molecule has 0 aromatic heterocycles. The molecule has 1 N–H and O–H groups in total. The fraction of sp³-hybridized carbons (Fsp3) is 0.375. The highest BCUT2D eigenvalue weighted by molar-refractivity contribution is 6.08. The number of methoxy groups -OCH3 is 1. The SMILES string of the molecule is CCCC[N+]1=C(C=CC=C2N(C(C)C)c3ccc4cc(CO)ccc4c3C2(C)C)C(C)(C)c2c1ccc1cc(OC)ccc21. The van der Waals surface area contributed by atoms with Crippen molar-refractivity contribution in [3.05, 3.63) is 101 Å². The van der Waals surface area contributed by atoms with E-state index >= 15 is 0 Å². The summed E-state index contributed by atoms with van der Waals surface area (Å²) in [4.78, 5) is 2.51. The number of allylic oxidation sites excluding steroid dienone is 4. The summed E-state index contributed by atoms with van der Waals surface area (Å²) in [7, 11) is 1.73. The summed E-state index contributed by atoms with van der Waals surface area (Å²) in [6, 6.07) is 22.2. The van der Waals surface area contributed by atoms with Crippen LogP contribution >= 0.6 is 0 Å². The number of fused-ring (bicyclic) bond motifs is 6. The predicted molar refractivity (Wildman–Crippen MR) is 186 cm³/mol. The van der Waals surface area contributed by atoms with Gasteiger partial charge in [-0.2, -0.15) is 4.58 Å². The highest BCUT2D eigenvalue weighted by Crippen LogP contribution is 2.52. The van der Waals surface area contributed by atoms with Crippen LogP contribution in [-0.2, 0) is 17.4 Å². The highest BCUT2D eigenvalue weighted by Gasteiger charge is 2.46. The van der Waals surface area contributed by atoms with Crippen molar-refractivity contribution in [2.45, 2.75) is 84.8 Å². The Labute approximate surface area is 263 Å². The number of nitrogens with zero attached hydrogens (tertiary/aromatic N) is 2. The molecule has 0 amide bonds. The summed E-state index contributed by atoms with van der Waals surface area (Å²) in [5.41, 5.74) is 8.62. The van der Waals surface area contributed by atoms with E-state index < -0.39 is 0 Å². The maximum Gasteiger partial charge on any atom is 0.210 e. The van der Waals surface area contributed by atoms with E-state index in [2.05, 4.69) is 137 Å². The molecule has 4 aromatic carbocycles. The van der Waals surface area contributed by atoms with Crippen LogP contribution in [0, 0.1) is 0 Å². The lowest BCUT2D eigenvalue weighted by atomic mass is 9.78. The van der Waals surface area contributed by atoms with Crippen molar-refractivity contribution in [3.63, 3.8) is 0 Å². The average Bonchev–Trinajstić information content (AvgIpc) is 3.38. The molecule has 2 aliphatic rings. The lowest BCUT2D eigenvalue weighted by Gasteiger charge is -2.30. The number of benzene rings is 4. The standard InChI is InChI=1S/C40H47N2O2/c1-9-10-22-41-33-20-15-29-24-30(44-8)17-19-32(29)37(33)39(4,5)35(41)12-11-13-36-40(6,7)38-31-18-14-27(25-43)23-28(31)16-21-34(38)42(36)26(2)3/h11-21,23-24,26,43H,9-10,22,25H2,1-8H3/q+1. The second-order valence-corrected chi connectivity index (χ2v) is 13.7. The Kier molecular flexibility index (Phi) is 7.70. The second kappa shape index (κ2) is 11.2. The number of hydrogen-bond acceptors (Lipinski definition) is 3. The number of rotatable bonds is 8. The van der Waals surface area contributed by atoms with Gasteiger partial charge in [0, 0.05) is 47.0 Å². The number of ether oxygens (including phenoxy) is 1. The Balaban J connectivity index is 1.46. The molecule has 0 bridgehead atoms. The Hall–Kier alpha value is -3.89. The van der Waals surface area contributed by atoms with E-state index in [0.29, 0.717) is 6.04 Å². The van der Waals surface area contributed by atoms with Crippen molar-refractivity contribution >= 4 is 38.6 Å². The van der Waals surface area contributed by atoms with E-state index in [0.717, 1.165) is 30.7 Å². The zero-order chi connectivity index (χ0) is 31.4. The van der Waals surface area contributed by atoms with Crippen molar-refractivity contribution in [1.82, 2.24) is 0 Å². The molecule has 0 saturated carbocycles. The van der Waals surface area contributed by atoms with Crippen LogP contribution in [0.3, 0.4) is 0 Å². The minimum Gasteiger partial charge on any atom is -0.497 e. The lowest BCUT2D eigenvalue weighted by Crippen LogP contribution is -2.31. The molecule has 2 aliphatic heterocycles. The van der Waals surface area contributed by atoms with Gasteiger partial charge in [0.15, 0.2) is 5.71 Å². The third-order valence-electron chi connectivity index (χ3n) is 9.84. The summed E-state index contributed by atoms with van der Waals surface area (Å²) in [6.07, 6.45) is 9.30. The Morgan fingerprint density at radius 3 is 2.30 bits per heavy atom. The van der Waals surface area contributed by atoms with Gasteiger partial charge in [-0.15, -0.1) is 0 Å². The van der Waals surface area contributed by atoms with E-state index in [4.69, 9.17) is 4.74 Å². The maximum atomic E-state index is 9.74. The van der Waals surface area contributed by atoms with Gasteiger partial charge in [-0.05, 0) is 96.8 Å². The molecule has 6 rings (SSSR count). The van der Waals surface area contributed by atoms with Crippen molar-refractivity contribution in [2.24, 2.45) is 0 Å². The highest BCUT2D eigenvalue weighted by atomic mass is 16.5. The first-order valence-electron chi connectivity index (χ1n) is 16.2. The largest absolute Gasteiger partial charge is 0.497 e. The number of hydrogen-bond donors (Lipinski definition) is 1. The van der Waals surface area contributed by atoms with Gasteiger partial charge < -0.3 is 14.7 Å². The number of unbranched alkanes of at least 4 members (excludes halogenated alkanes) is 1. The molecule has 4 heteroatoms. The summed E-state index contributed by atoms with van der Waals surface area (Å²) >= 11 is 0. The monoisotopic (exact) mass is 587 g/mol. The zero-order valence-corrected chi connectivity index (χ0v) is 27.7. The lowest BCUT2D eigenvalue weighted by molar-refractivity contribution is -0.438. The van der Waals surface area contributed by atoms with Crippen LogP contribution in [0.25, 0.3) is 21.5 Å². The molecule has 228 valence electrons. The van der Waals surface area contributed by atoms with Crippen LogP contribution in [-0.4, -0.2) is 35.1 Å². The first kappa shape index (κ1) is 30.1. The van der Waals surface area contributed by atoms with Crippen molar-refractivity contribution < 1.29 is 14.4 Å². The molecular weight excluding hydrogens is 540 g/mol. The smallest absolute Gasteiger partial charge is 0.210 e. The minimum atomic E-state index is -0.180. The number of aliphatic hydroxyl groups is 1. The third kappa shape index (κ3) is 4.66. The number of aliphatic hydroxyl groups excluding tert-OH is 1.